The summed E-state index contributed by atoms with van der Waals surface area (Å²) in [6, 6.07) is 3.45. The Labute approximate surface area is 98.8 Å². The summed E-state index contributed by atoms with van der Waals surface area (Å²) in [6.07, 6.45) is 0. The fourth-order valence-electron chi connectivity index (χ4n) is 1.75. The highest BCUT2D eigenvalue weighted by Crippen LogP contribution is 2.24. The van der Waals surface area contributed by atoms with Gasteiger partial charge in [-0.2, -0.15) is 0 Å². The largest absolute Gasteiger partial charge is 0.352 e. The number of carbonyl (C=O) groups excluding carboxylic acids is 1. The number of hydrogen-bond acceptors (Lipinski definition) is 4. The molecule has 0 radical (unpaired) electrons. The normalized spacial score (nSPS) is 19.4. The Bertz CT molecular complexity index is 404. The molecule has 0 aromatic carbocycles. The van der Waals surface area contributed by atoms with E-state index in [1.54, 1.807) is 12.1 Å². The van der Waals surface area contributed by atoms with Crippen LogP contribution in [0.1, 0.15) is 13.8 Å². The highest BCUT2D eigenvalue weighted by atomic mass is 35.5. The molecule has 0 unspecified atom stereocenters. The van der Waals surface area contributed by atoms with Crippen LogP contribution in [0.2, 0.25) is 5.15 Å². The first-order chi connectivity index (χ1) is 7.51. The van der Waals surface area contributed by atoms with Crippen LogP contribution in [0.25, 0.3) is 0 Å². The van der Waals surface area contributed by atoms with E-state index < -0.39 is 5.54 Å². The Morgan fingerprint density at radius 1 is 1.44 bits per heavy atom. The number of nitrogens with zero attached hydrogens (tertiary/aromatic N) is 3. The first-order valence-corrected chi connectivity index (χ1v) is 5.45. The molecule has 0 spiro atoms. The maximum absolute atomic E-state index is 11.7. The molecule has 1 fully saturated rings. The highest BCUT2D eigenvalue weighted by molar-refractivity contribution is 6.29. The van der Waals surface area contributed by atoms with Crippen molar-refractivity contribution in [2.75, 3.05) is 18.0 Å². The third kappa shape index (κ3) is 1.82. The molecular weight excluding hydrogens is 228 g/mol. The van der Waals surface area contributed by atoms with Gasteiger partial charge in [-0.25, -0.2) is 0 Å². The van der Waals surface area contributed by atoms with Gasteiger partial charge in [0.1, 0.15) is 5.54 Å². The van der Waals surface area contributed by atoms with Crippen LogP contribution in [0.15, 0.2) is 12.1 Å². The molecule has 5 nitrogen and oxygen atoms in total. The quantitative estimate of drug-likeness (QED) is 0.791. The van der Waals surface area contributed by atoms with Gasteiger partial charge >= 0.3 is 0 Å². The molecule has 2 rings (SSSR count). The third-order valence-electron chi connectivity index (χ3n) is 2.75. The zero-order valence-electron chi connectivity index (χ0n) is 9.20. The van der Waals surface area contributed by atoms with Crippen molar-refractivity contribution in [1.29, 1.82) is 0 Å². The van der Waals surface area contributed by atoms with Crippen LogP contribution in [0.4, 0.5) is 5.82 Å². The lowest BCUT2D eigenvalue weighted by atomic mass is 9.99. The van der Waals surface area contributed by atoms with Crippen molar-refractivity contribution in [3.8, 4) is 0 Å². The SMILES string of the molecule is CC1(C)C(=O)NCCN1c1ccc(Cl)nn1. The Hall–Kier alpha value is -1.36. The topological polar surface area (TPSA) is 58.1 Å². The fourth-order valence-corrected chi connectivity index (χ4v) is 1.85. The van der Waals surface area contributed by atoms with Crippen molar-refractivity contribution in [1.82, 2.24) is 15.5 Å². The summed E-state index contributed by atoms with van der Waals surface area (Å²) in [6.45, 7) is 5.05. The van der Waals surface area contributed by atoms with Crippen molar-refractivity contribution in [3.05, 3.63) is 17.3 Å². The standard InChI is InChI=1S/C10H13ClN4O/c1-10(2)9(16)12-5-6-15(10)8-4-3-7(11)13-14-8/h3-4H,5-6H2,1-2H3,(H,12,16). The maximum atomic E-state index is 11.7. The van der Waals surface area contributed by atoms with Gasteiger partial charge in [-0.15, -0.1) is 10.2 Å². The lowest BCUT2D eigenvalue weighted by Gasteiger charge is -2.41. The third-order valence-corrected chi connectivity index (χ3v) is 2.95. The molecular formula is C10H13ClN4O. The zero-order chi connectivity index (χ0) is 11.8. The van der Waals surface area contributed by atoms with Gasteiger partial charge in [-0.05, 0) is 26.0 Å². The summed E-state index contributed by atoms with van der Waals surface area (Å²) >= 11 is 5.68. The van der Waals surface area contributed by atoms with E-state index in [0.29, 0.717) is 17.5 Å². The Balaban J connectivity index is 2.32. The van der Waals surface area contributed by atoms with Gasteiger partial charge in [0.05, 0.1) is 0 Å². The average molecular weight is 241 g/mol. The molecule has 1 aliphatic heterocycles. The minimum atomic E-state index is -0.610. The van der Waals surface area contributed by atoms with E-state index in [2.05, 4.69) is 15.5 Å². The molecule has 1 aromatic rings. The molecule has 1 aromatic heterocycles. The van der Waals surface area contributed by atoms with Crippen LogP contribution >= 0.6 is 11.6 Å². The zero-order valence-corrected chi connectivity index (χ0v) is 9.95. The van der Waals surface area contributed by atoms with E-state index in [4.69, 9.17) is 11.6 Å². The average Bonchev–Trinajstić information content (AvgIpc) is 2.24. The first-order valence-electron chi connectivity index (χ1n) is 5.07. The Morgan fingerprint density at radius 2 is 2.19 bits per heavy atom. The smallest absolute Gasteiger partial charge is 0.245 e. The number of hydrogen-bond donors (Lipinski definition) is 1. The minimum Gasteiger partial charge on any atom is -0.352 e. The van der Waals surface area contributed by atoms with Gasteiger partial charge in [0.15, 0.2) is 11.0 Å². The summed E-state index contributed by atoms with van der Waals surface area (Å²) in [7, 11) is 0. The molecule has 2 heterocycles. The fraction of sp³-hybridized carbons (Fsp3) is 0.500. The van der Waals surface area contributed by atoms with Crippen LogP contribution in [-0.4, -0.2) is 34.7 Å². The number of rotatable bonds is 1. The lowest BCUT2D eigenvalue weighted by molar-refractivity contribution is -0.126. The van der Waals surface area contributed by atoms with E-state index in [1.807, 2.05) is 18.7 Å². The number of halogens is 1. The van der Waals surface area contributed by atoms with Gasteiger partial charge in [-0.3, -0.25) is 4.79 Å². The van der Waals surface area contributed by atoms with Crippen molar-refractivity contribution < 1.29 is 4.79 Å². The second kappa shape index (κ2) is 3.90. The van der Waals surface area contributed by atoms with Gasteiger partial charge in [0.25, 0.3) is 0 Å². The molecule has 6 heteroatoms. The second-order valence-corrected chi connectivity index (χ2v) is 4.57. The summed E-state index contributed by atoms with van der Waals surface area (Å²) in [5.74, 6) is 0.666. The van der Waals surface area contributed by atoms with E-state index >= 15 is 0 Å². The van der Waals surface area contributed by atoms with Crippen LogP contribution in [-0.2, 0) is 4.79 Å². The molecule has 1 saturated heterocycles. The van der Waals surface area contributed by atoms with Crippen molar-refractivity contribution in [2.45, 2.75) is 19.4 Å². The van der Waals surface area contributed by atoms with Crippen LogP contribution < -0.4 is 10.2 Å². The number of anilines is 1. The molecule has 0 atom stereocenters. The Kier molecular flexibility index (Phi) is 2.71. The molecule has 1 amide bonds. The Morgan fingerprint density at radius 3 is 2.81 bits per heavy atom. The molecule has 0 saturated carbocycles. The summed E-state index contributed by atoms with van der Waals surface area (Å²) < 4.78 is 0. The first kappa shape index (κ1) is 11.1. The molecule has 0 bridgehead atoms. The molecule has 1 N–H and O–H groups in total. The maximum Gasteiger partial charge on any atom is 0.245 e. The van der Waals surface area contributed by atoms with E-state index in [1.165, 1.54) is 0 Å². The van der Waals surface area contributed by atoms with Gasteiger partial charge in [-0.1, -0.05) is 11.6 Å². The number of aromatic nitrogens is 2. The predicted octanol–water partition coefficient (Wildman–Crippen LogP) is 0.845. The predicted molar refractivity (Wildman–Crippen MR) is 61.5 cm³/mol. The van der Waals surface area contributed by atoms with Crippen molar-refractivity contribution in [3.63, 3.8) is 0 Å². The summed E-state index contributed by atoms with van der Waals surface area (Å²) in [4.78, 5) is 13.7. The van der Waals surface area contributed by atoms with Gasteiger partial charge < -0.3 is 10.2 Å². The number of piperazine rings is 1. The lowest BCUT2D eigenvalue weighted by Crippen LogP contribution is -2.62. The highest BCUT2D eigenvalue weighted by Gasteiger charge is 2.38. The van der Waals surface area contributed by atoms with Crippen LogP contribution in [0.5, 0.6) is 0 Å². The minimum absolute atomic E-state index is 0.00417. The monoisotopic (exact) mass is 240 g/mol. The number of carbonyl (C=O) groups is 1. The summed E-state index contributed by atoms with van der Waals surface area (Å²) in [5, 5.41) is 11.0. The van der Waals surface area contributed by atoms with E-state index in [-0.39, 0.29) is 5.91 Å². The number of amides is 1. The van der Waals surface area contributed by atoms with Gasteiger partial charge in [0.2, 0.25) is 5.91 Å². The summed E-state index contributed by atoms with van der Waals surface area (Å²) in [5.41, 5.74) is -0.610. The molecule has 16 heavy (non-hydrogen) atoms. The van der Waals surface area contributed by atoms with Crippen LogP contribution in [0, 0.1) is 0 Å². The van der Waals surface area contributed by atoms with E-state index in [9.17, 15) is 4.79 Å². The van der Waals surface area contributed by atoms with Gasteiger partial charge in [0, 0.05) is 13.1 Å². The second-order valence-electron chi connectivity index (χ2n) is 4.18. The van der Waals surface area contributed by atoms with Crippen LogP contribution in [0.3, 0.4) is 0 Å². The van der Waals surface area contributed by atoms with E-state index in [0.717, 1.165) is 6.54 Å². The van der Waals surface area contributed by atoms with Crippen molar-refractivity contribution in [2.24, 2.45) is 0 Å². The number of nitrogens with one attached hydrogen (secondary N) is 1. The van der Waals surface area contributed by atoms with Crippen molar-refractivity contribution >= 4 is 23.3 Å². The molecule has 0 aliphatic carbocycles. The molecule has 1 aliphatic rings. The molecule has 86 valence electrons.